The molecule has 0 unspecified atom stereocenters. The molecule has 0 bridgehead atoms. The van der Waals surface area contributed by atoms with Gasteiger partial charge in [0.25, 0.3) is 0 Å². The molecule has 0 radical (unpaired) electrons. The highest BCUT2D eigenvalue weighted by molar-refractivity contribution is 7.99. The van der Waals surface area contributed by atoms with Gasteiger partial charge in [0.2, 0.25) is 11.7 Å². The number of aromatic nitrogens is 3. The molecule has 1 amide bonds. The number of methoxy groups -OCH3 is 1. The van der Waals surface area contributed by atoms with Crippen molar-refractivity contribution in [3.63, 3.8) is 0 Å². The Bertz CT molecular complexity index is 1670. The van der Waals surface area contributed by atoms with Crippen molar-refractivity contribution in [2.75, 3.05) is 18.2 Å². The van der Waals surface area contributed by atoms with Crippen LogP contribution in [0.15, 0.2) is 99.1 Å². The van der Waals surface area contributed by atoms with Crippen LogP contribution in [0.5, 0.6) is 5.75 Å². The standard InChI is InChI=1S/C27H20N4O4S/c1-33-24-14-19-18-10-5-6-11-21(18)35-23(19)15-20(24)28-25(32)16-36-27-30-29-26(22-12-7-13-34-22)31(27)17-8-3-2-4-9-17/h2-15H,16H2,1H3,(H,28,32). The van der Waals surface area contributed by atoms with Gasteiger partial charge in [-0.05, 0) is 36.4 Å². The summed E-state index contributed by atoms with van der Waals surface area (Å²) >= 11 is 1.28. The van der Waals surface area contributed by atoms with Gasteiger partial charge in [0.05, 0.1) is 24.8 Å². The van der Waals surface area contributed by atoms with Crippen molar-refractivity contribution < 1.29 is 18.4 Å². The molecule has 0 atom stereocenters. The van der Waals surface area contributed by atoms with Gasteiger partial charge in [0.1, 0.15) is 16.9 Å². The number of nitrogens with one attached hydrogen (secondary N) is 1. The number of fused-ring (bicyclic) bond motifs is 3. The van der Waals surface area contributed by atoms with E-state index in [9.17, 15) is 4.79 Å². The van der Waals surface area contributed by atoms with E-state index in [0.29, 0.717) is 33.8 Å². The van der Waals surface area contributed by atoms with E-state index in [1.165, 1.54) is 11.8 Å². The van der Waals surface area contributed by atoms with Gasteiger partial charge in [0, 0.05) is 22.5 Å². The van der Waals surface area contributed by atoms with Crippen LogP contribution in [0.2, 0.25) is 0 Å². The van der Waals surface area contributed by atoms with Crippen LogP contribution in [0.1, 0.15) is 0 Å². The van der Waals surface area contributed by atoms with Gasteiger partial charge in [-0.25, -0.2) is 0 Å². The quantitative estimate of drug-likeness (QED) is 0.264. The minimum atomic E-state index is -0.212. The van der Waals surface area contributed by atoms with Crippen molar-refractivity contribution in [3.8, 4) is 23.0 Å². The summed E-state index contributed by atoms with van der Waals surface area (Å²) < 4.78 is 18.9. The van der Waals surface area contributed by atoms with Crippen molar-refractivity contribution in [2.24, 2.45) is 0 Å². The van der Waals surface area contributed by atoms with Crippen LogP contribution < -0.4 is 10.1 Å². The van der Waals surface area contributed by atoms with E-state index in [2.05, 4.69) is 15.5 Å². The molecule has 6 aromatic rings. The number of benzene rings is 3. The Morgan fingerprint density at radius 2 is 1.81 bits per heavy atom. The first-order chi connectivity index (χ1) is 17.7. The number of hydrogen-bond donors (Lipinski definition) is 1. The van der Waals surface area contributed by atoms with Crippen molar-refractivity contribution in [3.05, 3.63) is 85.1 Å². The lowest BCUT2D eigenvalue weighted by Gasteiger charge is -2.11. The van der Waals surface area contributed by atoms with Crippen LogP contribution in [-0.4, -0.2) is 33.5 Å². The predicted octanol–water partition coefficient (Wildman–Crippen LogP) is 6.17. The number of amides is 1. The normalized spacial score (nSPS) is 11.2. The Morgan fingerprint density at radius 1 is 0.972 bits per heavy atom. The minimum Gasteiger partial charge on any atom is -0.495 e. The maximum Gasteiger partial charge on any atom is 0.234 e. The minimum absolute atomic E-state index is 0.116. The second-order valence-corrected chi connectivity index (χ2v) is 8.88. The van der Waals surface area contributed by atoms with Crippen LogP contribution in [0.4, 0.5) is 5.69 Å². The SMILES string of the molecule is COc1cc2c(cc1NC(=O)CSc1nnc(-c3ccco3)n1-c1ccccc1)oc1ccccc12. The molecule has 9 heteroatoms. The van der Waals surface area contributed by atoms with E-state index in [0.717, 1.165) is 22.0 Å². The molecular formula is C27H20N4O4S. The number of rotatable bonds is 7. The van der Waals surface area contributed by atoms with Crippen LogP contribution in [0.3, 0.4) is 0 Å². The van der Waals surface area contributed by atoms with Gasteiger partial charge in [0.15, 0.2) is 10.9 Å². The molecule has 0 spiro atoms. The second kappa shape index (κ2) is 9.27. The number of thioether (sulfide) groups is 1. The van der Waals surface area contributed by atoms with Crippen molar-refractivity contribution in [2.45, 2.75) is 5.16 Å². The second-order valence-electron chi connectivity index (χ2n) is 7.94. The van der Waals surface area contributed by atoms with E-state index in [4.69, 9.17) is 13.6 Å². The van der Waals surface area contributed by atoms with E-state index in [-0.39, 0.29) is 11.7 Å². The summed E-state index contributed by atoms with van der Waals surface area (Å²) in [7, 11) is 1.58. The molecule has 8 nitrogen and oxygen atoms in total. The predicted molar refractivity (Wildman–Crippen MR) is 139 cm³/mol. The summed E-state index contributed by atoms with van der Waals surface area (Å²) in [5.74, 6) is 1.61. The molecule has 0 saturated carbocycles. The average molecular weight is 497 g/mol. The molecule has 0 aliphatic carbocycles. The zero-order chi connectivity index (χ0) is 24.5. The third-order valence-corrected chi connectivity index (χ3v) is 6.62. The lowest BCUT2D eigenvalue weighted by Crippen LogP contribution is -2.15. The Labute approximate surface area is 209 Å². The van der Waals surface area contributed by atoms with E-state index in [1.54, 1.807) is 25.5 Å². The molecule has 0 saturated heterocycles. The Balaban J connectivity index is 1.26. The summed E-state index contributed by atoms with van der Waals surface area (Å²) in [6.45, 7) is 0. The largest absolute Gasteiger partial charge is 0.495 e. The number of nitrogens with zero attached hydrogens (tertiary/aromatic N) is 3. The first-order valence-electron chi connectivity index (χ1n) is 11.2. The van der Waals surface area contributed by atoms with Gasteiger partial charge in [-0.2, -0.15) is 0 Å². The highest BCUT2D eigenvalue weighted by Crippen LogP contribution is 2.36. The van der Waals surface area contributed by atoms with Crippen molar-refractivity contribution in [1.82, 2.24) is 14.8 Å². The lowest BCUT2D eigenvalue weighted by atomic mass is 10.1. The molecule has 36 heavy (non-hydrogen) atoms. The fourth-order valence-corrected chi connectivity index (χ4v) is 4.82. The van der Waals surface area contributed by atoms with Crippen LogP contribution >= 0.6 is 11.8 Å². The molecule has 0 aliphatic rings. The summed E-state index contributed by atoms with van der Waals surface area (Å²) in [5, 5.41) is 14.1. The molecule has 178 valence electrons. The van der Waals surface area contributed by atoms with Gasteiger partial charge in [-0.3, -0.25) is 9.36 Å². The first-order valence-corrected chi connectivity index (χ1v) is 12.2. The smallest absolute Gasteiger partial charge is 0.234 e. The van der Waals surface area contributed by atoms with E-state index in [1.807, 2.05) is 71.3 Å². The molecule has 0 fully saturated rings. The van der Waals surface area contributed by atoms with Crippen LogP contribution in [0, 0.1) is 0 Å². The Hall–Kier alpha value is -4.50. The highest BCUT2D eigenvalue weighted by atomic mass is 32.2. The average Bonchev–Trinajstić information content (AvgIpc) is 3.65. The van der Waals surface area contributed by atoms with E-state index < -0.39 is 0 Å². The zero-order valence-electron chi connectivity index (χ0n) is 19.2. The number of carbonyl (C=O) groups excluding carboxylic acids is 1. The number of furan rings is 2. The van der Waals surface area contributed by atoms with Crippen molar-refractivity contribution in [1.29, 1.82) is 0 Å². The number of anilines is 1. The third-order valence-electron chi connectivity index (χ3n) is 5.69. The van der Waals surface area contributed by atoms with Crippen LogP contribution in [-0.2, 0) is 4.79 Å². The number of hydrogen-bond acceptors (Lipinski definition) is 7. The van der Waals surface area contributed by atoms with E-state index >= 15 is 0 Å². The summed E-state index contributed by atoms with van der Waals surface area (Å²) in [6, 6.07) is 24.8. The third kappa shape index (κ3) is 3.99. The molecule has 3 aromatic heterocycles. The molecular weight excluding hydrogens is 476 g/mol. The Morgan fingerprint density at radius 3 is 2.61 bits per heavy atom. The molecule has 6 rings (SSSR count). The Kier molecular flexibility index (Phi) is 5.67. The maximum absolute atomic E-state index is 13.0. The lowest BCUT2D eigenvalue weighted by molar-refractivity contribution is -0.113. The fraction of sp³-hybridized carbons (Fsp3) is 0.0741. The van der Waals surface area contributed by atoms with Gasteiger partial charge in [-0.15, -0.1) is 10.2 Å². The van der Waals surface area contributed by atoms with Crippen LogP contribution in [0.25, 0.3) is 39.2 Å². The molecule has 3 heterocycles. The van der Waals surface area contributed by atoms with Crippen molar-refractivity contribution >= 4 is 45.3 Å². The molecule has 3 aromatic carbocycles. The first kappa shape index (κ1) is 22.0. The topological polar surface area (TPSA) is 95.3 Å². The summed E-state index contributed by atoms with van der Waals surface area (Å²) in [5.41, 5.74) is 2.86. The summed E-state index contributed by atoms with van der Waals surface area (Å²) in [4.78, 5) is 13.0. The molecule has 0 aliphatic heterocycles. The summed E-state index contributed by atoms with van der Waals surface area (Å²) in [6.07, 6.45) is 1.59. The monoisotopic (exact) mass is 496 g/mol. The highest BCUT2D eigenvalue weighted by Gasteiger charge is 2.20. The number of carbonyl (C=O) groups is 1. The van der Waals surface area contributed by atoms with Gasteiger partial charge < -0.3 is 18.9 Å². The number of ether oxygens (including phenoxy) is 1. The van der Waals surface area contributed by atoms with Gasteiger partial charge in [-0.1, -0.05) is 48.2 Å². The fourth-order valence-electron chi connectivity index (χ4n) is 4.07. The zero-order valence-corrected chi connectivity index (χ0v) is 20.0. The number of para-hydroxylation sites is 2. The maximum atomic E-state index is 13.0. The van der Waals surface area contributed by atoms with Gasteiger partial charge >= 0.3 is 0 Å². The molecule has 1 N–H and O–H groups in total.